The number of hydrogen-bond donors (Lipinski definition) is 1. The molecule has 18 heavy (non-hydrogen) atoms. The third-order valence-electron chi connectivity index (χ3n) is 2.94. The standard InChI is InChI=1S/C14H23NO2S/c1-3-12(2)18(16)10-4-9-17-14-7-5-13(11-15)6-8-14/h5-8,12H,3-4,9-11,15H2,1-2H3. The van der Waals surface area contributed by atoms with Gasteiger partial charge in [0.1, 0.15) is 5.75 Å². The van der Waals surface area contributed by atoms with Crippen LogP contribution in [-0.2, 0) is 17.3 Å². The summed E-state index contributed by atoms with van der Waals surface area (Å²) in [5.41, 5.74) is 6.62. The fourth-order valence-corrected chi connectivity index (χ4v) is 2.68. The van der Waals surface area contributed by atoms with Crippen LogP contribution < -0.4 is 10.5 Å². The Morgan fingerprint density at radius 2 is 2.00 bits per heavy atom. The molecule has 0 aromatic heterocycles. The zero-order valence-electron chi connectivity index (χ0n) is 11.2. The highest BCUT2D eigenvalue weighted by molar-refractivity contribution is 7.85. The van der Waals surface area contributed by atoms with Gasteiger partial charge in [-0.25, -0.2) is 0 Å². The molecule has 0 aliphatic heterocycles. The molecule has 0 amide bonds. The van der Waals surface area contributed by atoms with E-state index in [1.54, 1.807) is 0 Å². The van der Waals surface area contributed by atoms with Crippen LogP contribution in [-0.4, -0.2) is 21.8 Å². The summed E-state index contributed by atoms with van der Waals surface area (Å²) in [5, 5.41) is 0.286. The lowest BCUT2D eigenvalue weighted by Crippen LogP contribution is -2.14. The number of ether oxygens (including phenoxy) is 1. The molecule has 2 atom stereocenters. The van der Waals surface area contributed by atoms with Gasteiger partial charge >= 0.3 is 0 Å². The molecule has 3 nitrogen and oxygen atoms in total. The fourth-order valence-electron chi connectivity index (χ4n) is 1.50. The summed E-state index contributed by atoms with van der Waals surface area (Å²) in [6, 6.07) is 7.78. The zero-order chi connectivity index (χ0) is 13.4. The fraction of sp³-hybridized carbons (Fsp3) is 0.571. The molecule has 1 aromatic carbocycles. The van der Waals surface area contributed by atoms with Crippen molar-refractivity contribution in [3.63, 3.8) is 0 Å². The Hall–Kier alpha value is -0.870. The summed E-state index contributed by atoms with van der Waals surface area (Å²) in [5.74, 6) is 1.57. The molecule has 2 unspecified atom stereocenters. The second-order valence-electron chi connectivity index (χ2n) is 4.35. The monoisotopic (exact) mass is 269 g/mol. The molecule has 0 bridgehead atoms. The molecule has 1 rings (SSSR count). The average molecular weight is 269 g/mol. The van der Waals surface area contributed by atoms with Gasteiger partial charge in [-0.1, -0.05) is 26.0 Å². The van der Waals surface area contributed by atoms with Gasteiger partial charge in [-0.05, 0) is 30.5 Å². The highest BCUT2D eigenvalue weighted by Gasteiger charge is 2.07. The molecule has 0 aliphatic rings. The molecular formula is C14H23NO2S. The van der Waals surface area contributed by atoms with E-state index in [0.717, 1.165) is 29.9 Å². The minimum absolute atomic E-state index is 0.286. The van der Waals surface area contributed by atoms with Crippen molar-refractivity contribution in [1.82, 2.24) is 0 Å². The highest BCUT2D eigenvalue weighted by Crippen LogP contribution is 2.12. The van der Waals surface area contributed by atoms with E-state index in [1.807, 2.05) is 31.2 Å². The smallest absolute Gasteiger partial charge is 0.119 e. The molecule has 0 saturated heterocycles. The Kier molecular flexibility index (Phi) is 6.98. The Morgan fingerprint density at radius 3 is 2.56 bits per heavy atom. The molecule has 0 spiro atoms. The van der Waals surface area contributed by atoms with Crippen LogP contribution in [0.2, 0.25) is 0 Å². The summed E-state index contributed by atoms with van der Waals surface area (Å²) in [7, 11) is -0.724. The van der Waals surface area contributed by atoms with Gasteiger partial charge in [0.2, 0.25) is 0 Å². The van der Waals surface area contributed by atoms with Crippen LogP contribution in [0.5, 0.6) is 5.75 Å². The van der Waals surface area contributed by atoms with E-state index in [1.165, 1.54) is 0 Å². The lowest BCUT2D eigenvalue weighted by molar-refractivity contribution is 0.318. The van der Waals surface area contributed by atoms with E-state index in [-0.39, 0.29) is 5.25 Å². The van der Waals surface area contributed by atoms with Gasteiger partial charge in [0.05, 0.1) is 6.61 Å². The summed E-state index contributed by atoms with van der Waals surface area (Å²) in [6.07, 6.45) is 1.80. The number of benzene rings is 1. The van der Waals surface area contributed by atoms with E-state index < -0.39 is 10.8 Å². The molecule has 0 fully saturated rings. The van der Waals surface area contributed by atoms with Crippen molar-refractivity contribution >= 4 is 10.8 Å². The maximum atomic E-state index is 11.7. The van der Waals surface area contributed by atoms with Crippen molar-refractivity contribution in [3.05, 3.63) is 29.8 Å². The lowest BCUT2D eigenvalue weighted by Gasteiger charge is -2.09. The third kappa shape index (κ3) is 5.19. The number of hydrogen-bond acceptors (Lipinski definition) is 3. The first-order chi connectivity index (χ1) is 8.67. The van der Waals surface area contributed by atoms with E-state index in [9.17, 15) is 4.21 Å². The Morgan fingerprint density at radius 1 is 1.33 bits per heavy atom. The van der Waals surface area contributed by atoms with Crippen molar-refractivity contribution in [2.75, 3.05) is 12.4 Å². The summed E-state index contributed by atoms with van der Waals surface area (Å²) in [4.78, 5) is 0. The van der Waals surface area contributed by atoms with E-state index in [4.69, 9.17) is 10.5 Å². The van der Waals surface area contributed by atoms with Crippen LogP contribution in [0.1, 0.15) is 32.3 Å². The van der Waals surface area contributed by atoms with Crippen molar-refractivity contribution < 1.29 is 8.95 Å². The third-order valence-corrected chi connectivity index (χ3v) is 4.86. The molecule has 4 heteroatoms. The van der Waals surface area contributed by atoms with Crippen molar-refractivity contribution in [2.24, 2.45) is 5.73 Å². The van der Waals surface area contributed by atoms with E-state index in [0.29, 0.717) is 13.2 Å². The number of rotatable bonds is 8. The maximum Gasteiger partial charge on any atom is 0.119 e. The normalized spacial score (nSPS) is 14.2. The van der Waals surface area contributed by atoms with Crippen molar-refractivity contribution in [1.29, 1.82) is 0 Å². The molecule has 0 aliphatic carbocycles. The molecule has 0 radical (unpaired) electrons. The lowest BCUT2D eigenvalue weighted by atomic mass is 10.2. The van der Waals surface area contributed by atoms with Gasteiger partial charge < -0.3 is 10.5 Å². The second kappa shape index (κ2) is 8.27. The highest BCUT2D eigenvalue weighted by atomic mass is 32.2. The molecule has 102 valence electrons. The second-order valence-corrected chi connectivity index (χ2v) is 6.33. The largest absolute Gasteiger partial charge is 0.494 e. The Labute approximate surface area is 112 Å². The topological polar surface area (TPSA) is 52.3 Å². The van der Waals surface area contributed by atoms with Crippen LogP contribution in [0.4, 0.5) is 0 Å². The van der Waals surface area contributed by atoms with Gasteiger partial charge in [-0.15, -0.1) is 0 Å². The van der Waals surface area contributed by atoms with Crippen LogP contribution in [0.25, 0.3) is 0 Å². The van der Waals surface area contributed by atoms with Gasteiger partial charge in [-0.2, -0.15) is 0 Å². The first kappa shape index (κ1) is 15.2. The van der Waals surface area contributed by atoms with Crippen LogP contribution in [0.3, 0.4) is 0 Å². The van der Waals surface area contributed by atoms with E-state index in [2.05, 4.69) is 6.92 Å². The van der Waals surface area contributed by atoms with Gasteiger partial charge in [0.25, 0.3) is 0 Å². The van der Waals surface area contributed by atoms with Crippen LogP contribution >= 0.6 is 0 Å². The first-order valence-electron chi connectivity index (χ1n) is 6.46. The zero-order valence-corrected chi connectivity index (χ0v) is 12.0. The predicted molar refractivity (Wildman–Crippen MR) is 77.2 cm³/mol. The minimum atomic E-state index is -0.724. The van der Waals surface area contributed by atoms with E-state index >= 15 is 0 Å². The Bertz CT molecular complexity index is 365. The minimum Gasteiger partial charge on any atom is -0.494 e. The first-order valence-corrected chi connectivity index (χ1v) is 7.84. The Balaban J connectivity index is 2.23. The van der Waals surface area contributed by atoms with Gasteiger partial charge in [-0.3, -0.25) is 4.21 Å². The van der Waals surface area contributed by atoms with Gasteiger partial charge in [0.15, 0.2) is 0 Å². The molecule has 0 heterocycles. The summed E-state index contributed by atoms with van der Waals surface area (Å²) >= 11 is 0. The molecule has 0 saturated carbocycles. The van der Waals surface area contributed by atoms with Gasteiger partial charge in [0, 0.05) is 28.3 Å². The SMILES string of the molecule is CCC(C)S(=O)CCCOc1ccc(CN)cc1. The molecule has 1 aromatic rings. The van der Waals surface area contributed by atoms with Crippen LogP contribution in [0, 0.1) is 0 Å². The summed E-state index contributed by atoms with van der Waals surface area (Å²) < 4.78 is 17.3. The molecular weight excluding hydrogens is 246 g/mol. The number of nitrogens with two attached hydrogens (primary N) is 1. The van der Waals surface area contributed by atoms with Crippen molar-refractivity contribution in [3.8, 4) is 5.75 Å². The summed E-state index contributed by atoms with van der Waals surface area (Å²) in [6.45, 7) is 5.26. The maximum absolute atomic E-state index is 11.7. The predicted octanol–water partition coefficient (Wildman–Crippen LogP) is 2.46. The van der Waals surface area contributed by atoms with Crippen molar-refractivity contribution in [2.45, 2.75) is 38.5 Å². The average Bonchev–Trinajstić information content (AvgIpc) is 2.43. The van der Waals surface area contributed by atoms with Crippen LogP contribution in [0.15, 0.2) is 24.3 Å². The quantitative estimate of drug-likeness (QED) is 0.738. The molecule has 2 N–H and O–H groups in total.